The lowest BCUT2D eigenvalue weighted by atomic mass is 9.87. The second-order valence-electron chi connectivity index (χ2n) is 6.21. The van der Waals surface area contributed by atoms with Crippen molar-refractivity contribution in [2.75, 3.05) is 6.26 Å². The average molecular weight is 389 g/mol. The second kappa shape index (κ2) is 8.13. The molecule has 2 unspecified atom stereocenters. The summed E-state index contributed by atoms with van der Waals surface area (Å²) in [7, 11) is 0. The van der Waals surface area contributed by atoms with E-state index in [-0.39, 0.29) is 17.5 Å². The van der Waals surface area contributed by atoms with Crippen molar-refractivity contribution < 1.29 is 8.94 Å². The first kappa shape index (κ1) is 18.8. The van der Waals surface area contributed by atoms with Crippen LogP contribution in [0.4, 0.5) is 4.39 Å². The van der Waals surface area contributed by atoms with E-state index in [9.17, 15) is 8.94 Å². The third kappa shape index (κ3) is 3.88. The van der Waals surface area contributed by atoms with Gasteiger partial charge in [0.15, 0.2) is 0 Å². The van der Waals surface area contributed by atoms with Crippen LogP contribution < -0.4 is 0 Å². The van der Waals surface area contributed by atoms with Crippen LogP contribution >= 0.6 is 11.6 Å². The number of nitriles is 1. The Labute approximate surface area is 160 Å². The van der Waals surface area contributed by atoms with Crippen LogP contribution in [0.1, 0.15) is 35.4 Å². The Morgan fingerprint density at radius 3 is 2.65 bits per heavy atom. The van der Waals surface area contributed by atoms with Crippen LogP contribution in [0.3, 0.4) is 0 Å². The number of hydrogen-bond donors (Lipinski definition) is 1. The SMILES string of the molecule is C[S+]([O-])Cc1c(F)ccc2c(C(CCC#N)c3ccc(Cl)cc3)c[nH]c12. The molecule has 0 fully saturated rings. The first-order chi connectivity index (χ1) is 12.5. The summed E-state index contributed by atoms with van der Waals surface area (Å²) < 4.78 is 25.9. The number of benzene rings is 2. The van der Waals surface area contributed by atoms with Gasteiger partial charge in [-0.25, -0.2) is 4.39 Å². The number of rotatable bonds is 6. The molecule has 26 heavy (non-hydrogen) atoms. The number of hydrogen-bond acceptors (Lipinski definition) is 2. The van der Waals surface area contributed by atoms with Crippen molar-refractivity contribution in [3.63, 3.8) is 0 Å². The number of halogens is 2. The summed E-state index contributed by atoms with van der Waals surface area (Å²) in [6.07, 6.45) is 4.49. The van der Waals surface area contributed by atoms with E-state index in [4.69, 9.17) is 16.9 Å². The molecule has 134 valence electrons. The number of H-pyrrole nitrogens is 1. The average Bonchev–Trinajstić information content (AvgIpc) is 3.03. The molecule has 3 aromatic rings. The van der Waals surface area contributed by atoms with Gasteiger partial charge in [-0.2, -0.15) is 5.26 Å². The molecule has 3 nitrogen and oxygen atoms in total. The Hall–Kier alpha value is -2.00. The summed E-state index contributed by atoms with van der Waals surface area (Å²) in [5, 5.41) is 10.6. The van der Waals surface area contributed by atoms with E-state index in [1.807, 2.05) is 30.5 Å². The van der Waals surface area contributed by atoms with Gasteiger partial charge in [-0.05, 0) is 41.8 Å². The van der Waals surface area contributed by atoms with Gasteiger partial charge in [0, 0.05) is 28.9 Å². The van der Waals surface area contributed by atoms with Crippen molar-refractivity contribution in [1.29, 1.82) is 5.26 Å². The molecule has 3 rings (SSSR count). The lowest BCUT2D eigenvalue weighted by Gasteiger charge is -2.16. The minimum absolute atomic E-state index is 0.00824. The first-order valence-corrected chi connectivity index (χ1v) is 10.3. The summed E-state index contributed by atoms with van der Waals surface area (Å²) >= 11 is 4.85. The van der Waals surface area contributed by atoms with Crippen LogP contribution in [-0.2, 0) is 16.9 Å². The van der Waals surface area contributed by atoms with Gasteiger partial charge in [0.1, 0.15) is 11.6 Å². The summed E-state index contributed by atoms with van der Waals surface area (Å²) in [6, 6.07) is 12.9. The van der Waals surface area contributed by atoms with E-state index in [0.717, 1.165) is 16.5 Å². The van der Waals surface area contributed by atoms with Gasteiger partial charge in [-0.15, -0.1) is 0 Å². The van der Waals surface area contributed by atoms with Gasteiger partial charge < -0.3 is 9.54 Å². The van der Waals surface area contributed by atoms with Crippen molar-refractivity contribution in [1.82, 2.24) is 4.98 Å². The molecule has 2 atom stereocenters. The van der Waals surface area contributed by atoms with E-state index in [1.165, 1.54) is 6.07 Å². The van der Waals surface area contributed by atoms with Gasteiger partial charge in [0.25, 0.3) is 0 Å². The second-order valence-corrected chi connectivity index (χ2v) is 8.08. The third-order valence-electron chi connectivity index (χ3n) is 4.48. The zero-order valence-corrected chi connectivity index (χ0v) is 15.8. The molecule has 0 spiro atoms. The number of fused-ring (bicyclic) bond motifs is 1. The highest BCUT2D eigenvalue weighted by Gasteiger charge is 2.21. The zero-order valence-electron chi connectivity index (χ0n) is 14.3. The largest absolute Gasteiger partial charge is 0.616 e. The van der Waals surface area contributed by atoms with Crippen molar-refractivity contribution >= 4 is 33.7 Å². The van der Waals surface area contributed by atoms with Crippen LogP contribution in [0, 0.1) is 17.1 Å². The Morgan fingerprint density at radius 1 is 1.27 bits per heavy atom. The van der Waals surface area contributed by atoms with Crippen LogP contribution in [0.25, 0.3) is 10.9 Å². The minimum Gasteiger partial charge on any atom is -0.616 e. The van der Waals surface area contributed by atoms with Crippen molar-refractivity contribution in [3.8, 4) is 6.07 Å². The molecule has 0 radical (unpaired) electrons. The molecule has 0 saturated carbocycles. The molecule has 2 aromatic carbocycles. The maximum atomic E-state index is 14.2. The van der Waals surface area contributed by atoms with E-state index < -0.39 is 11.2 Å². The highest BCUT2D eigenvalue weighted by atomic mass is 35.5. The van der Waals surface area contributed by atoms with E-state index in [0.29, 0.717) is 28.9 Å². The lowest BCUT2D eigenvalue weighted by Crippen LogP contribution is -2.04. The Morgan fingerprint density at radius 2 is 2.00 bits per heavy atom. The highest BCUT2D eigenvalue weighted by Crippen LogP contribution is 2.36. The zero-order chi connectivity index (χ0) is 18.7. The standard InChI is InChI=1S/C20H18ClFN2OS/c1-26(25)12-18-19(22)9-8-16-17(11-24-20(16)18)15(3-2-10-23)13-4-6-14(21)7-5-13/h4-9,11,15,24H,2-3,12H2,1H3. The van der Waals surface area contributed by atoms with Crippen molar-refractivity contribution in [3.05, 3.63) is 70.1 Å². The Bertz CT molecular complexity index is 947. The van der Waals surface area contributed by atoms with Crippen LogP contribution in [0.2, 0.25) is 5.02 Å². The quantitative estimate of drug-likeness (QED) is 0.584. The molecule has 0 saturated heterocycles. The number of nitrogens with zero attached hydrogens (tertiary/aromatic N) is 1. The fraction of sp³-hybridized carbons (Fsp3) is 0.250. The van der Waals surface area contributed by atoms with Gasteiger partial charge in [-0.1, -0.05) is 34.9 Å². The molecule has 0 bridgehead atoms. The van der Waals surface area contributed by atoms with E-state index in [1.54, 1.807) is 12.3 Å². The summed E-state index contributed by atoms with van der Waals surface area (Å²) in [5.74, 6) is -0.209. The maximum absolute atomic E-state index is 14.2. The van der Waals surface area contributed by atoms with Crippen molar-refractivity contribution in [2.45, 2.75) is 24.5 Å². The molecule has 1 N–H and O–H groups in total. The first-order valence-electron chi connectivity index (χ1n) is 8.22. The smallest absolute Gasteiger partial charge is 0.135 e. The predicted octanol–water partition coefficient (Wildman–Crippen LogP) is 5.27. The fourth-order valence-corrected chi connectivity index (χ4v) is 4.11. The normalized spacial score (nSPS) is 13.5. The third-order valence-corrected chi connectivity index (χ3v) is 5.43. The Balaban J connectivity index is 2.11. The van der Waals surface area contributed by atoms with Crippen LogP contribution in [0.15, 0.2) is 42.6 Å². The predicted molar refractivity (Wildman–Crippen MR) is 104 cm³/mol. The fourth-order valence-electron chi connectivity index (χ4n) is 3.29. The lowest BCUT2D eigenvalue weighted by molar-refractivity contribution is 0.592. The van der Waals surface area contributed by atoms with Crippen LogP contribution in [-0.4, -0.2) is 15.8 Å². The topological polar surface area (TPSA) is 62.6 Å². The molecule has 6 heteroatoms. The molecule has 0 aliphatic carbocycles. The van der Waals surface area contributed by atoms with Crippen LogP contribution in [0.5, 0.6) is 0 Å². The van der Waals surface area contributed by atoms with E-state index in [2.05, 4.69) is 11.1 Å². The van der Waals surface area contributed by atoms with Crippen molar-refractivity contribution in [2.24, 2.45) is 0 Å². The molecule has 0 aliphatic heterocycles. The monoisotopic (exact) mass is 388 g/mol. The molecular formula is C20H18ClFN2OS. The van der Waals surface area contributed by atoms with Gasteiger partial charge >= 0.3 is 0 Å². The molecule has 1 aromatic heterocycles. The van der Waals surface area contributed by atoms with Gasteiger partial charge in [-0.3, -0.25) is 0 Å². The number of nitrogens with one attached hydrogen (secondary N) is 1. The maximum Gasteiger partial charge on any atom is 0.135 e. The summed E-state index contributed by atoms with van der Waals surface area (Å²) in [4.78, 5) is 3.16. The summed E-state index contributed by atoms with van der Waals surface area (Å²) in [5.41, 5.74) is 3.16. The molecule has 1 heterocycles. The number of aromatic nitrogens is 1. The number of aromatic amines is 1. The summed E-state index contributed by atoms with van der Waals surface area (Å²) in [6.45, 7) is 0. The minimum atomic E-state index is -1.15. The molecular weight excluding hydrogens is 371 g/mol. The molecule has 0 aliphatic rings. The van der Waals surface area contributed by atoms with E-state index >= 15 is 0 Å². The van der Waals surface area contributed by atoms with Gasteiger partial charge in [0.2, 0.25) is 0 Å². The molecule has 0 amide bonds. The highest BCUT2D eigenvalue weighted by molar-refractivity contribution is 7.89. The Kier molecular flexibility index (Phi) is 5.87. The van der Waals surface area contributed by atoms with Gasteiger partial charge in [0.05, 0.1) is 23.4 Å².